The molecule has 1 aromatic carbocycles. The van der Waals surface area contributed by atoms with E-state index in [0.29, 0.717) is 18.9 Å². The number of hydrogen-bond acceptors (Lipinski definition) is 1. The van der Waals surface area contributed by atoms with Crippen LogP contribution >= 0.6 is 0 Å². The van der Waals surface area contributed by atoms with Crippen molar-refractivity contribution in [2.45, 2.75) is 51.5 Å². The number of rotatable bonds is 4. The summed E-state index contributed by atoms with van der Waals surface area (Å²) in [6.45, 7) is 2.28. The lowest BCUT2D eigenvalue weighted by atomic mass is 9.86. The van der Waals surface area contributed by atoms with Gasteiger partial charge in [0.1, 0.15) is 5.82 Å². The van der Waals surface area contributed by atoms with Gasteiger partial charge in [0.05, 0.1) is 0 Å². The predicted molar refractivity (Wildman–Crippen MR) is 78.9 cm³/mol. The summed E-state index contributed by atoms with van der Waals surface area (Å²) in [6, 6.07) is 6.90. The molecule has 2 nitrogen and oxygen atoms in total. The second-order valence-electron chi connectivity index (χ2n) is 6.05. The van der Waals surface area contributed by atoms with Gasteiger partial charge in [-0.3, -0.25) is 4.79 Å². The van der Waals surface area contributed by atoms with Crippen LogP contribution in [0.3, 0.4) is 0 Å². The van der Waals surface area contributed by atoms with Crippen molar-refractivity contribution < 1.29 is 9.18 Å². The molecule has 0 radical (unpaired) electrons. The Kier molecular flexibility index (Phi) is 5.16. The molecule has 110 valence electrons. The molecular weight excluding hydrogens is 253 g/mol. The minimum atomic E-state index is -0.232. The highest BCUT2D eigenvalue weighted by Gasteiger charge is 2.24. The quantitative estimate of drug-likeness (QED) is 0.820. The average Bonchev–Trinajstić information content (AvgIpc) is 2.45. The van der Waals surface area contributed by atoms with E-state index in [9.17, 15) is 9.18 Å². The van der Waals surface area contributed by atoms with Crippen LogP contribution in [0.15, 0.2) is 24.3 Å². The van der Waals surface area contributed by atoms with E-state index >= 15 is 0 Å². The number of carbonyl (C=O) groups is 1. The predicted octanol–water partition coefficient (Wildman–Crippen LogP) is 3.80. The lowest BCUT2D eigenvalue weighted by Gasteiger charge is -2.33. The molecule has 1 saturated carbocycles. The van der Waals surface area contributed by atoms with E-state index in [1.54, 1.807) is 6.07 Å². The topological polar surface area (TPSA) is 20.3 Å². The van der Waals surface area contributed by atoms with Crippen LogP contribution in [0.4, 0.5) is 4.39 Å². The number of nitrogens with zero attached hydrogens (tertiary/aromatic N) is 1. The summed E-state index contributed by atoms with van der Waals surface area (Å²) in [5.74, 6) is 0.737. The fourth-order valence-corrected chi connectivity index (χ4v) is 2.95. The van der Waals surface area contributed by atoms with Gasteiger partial charge < -0.3 is 4.90 Å². The van der Waals surface area contributed by atoms with E-state index in [1.165, 1.54) is 25.0 Å². The second kappa shape index (κ2) is 6.87. The maximum atomic E-state index is 13.1. The third kappa shape index (κ3) is 4.06. The van der Waals surface area contributed by atoms with Crippen molar-refractivity contribution in [3.8, 4) is 0 Å². The first-order chi connectivity index (χ1) is 9.56. The van der Waals surface area contributed by atoms with Crippen molar-refractivity contribution in [3.05, 3.63) is 35.6 Å². The molecule has 1 fully saturated rings. The lowest BCUT2D eigenvalue weighted by Crippen LogP contribution is -2.39. The molecule has 1 aliphatic carbocycles. The van der Waals surface area contributed by atoms with Crippen LogP contribution in [-0.2, 0) is 11.2 Å². The molecule has 0 bridgehead atoms. The zero-order valence-corrected chi connectivity index (χ0v) is 12.4. The zero-order chi connectivity index (χ0) is 14.5. The van der Waals surface area contributed by atoms with E-state index in [2.05, 4.69) is 6.92 Å². The van der Waals surface area contributed by atoms with E-state index in [1.807, 2.05) is 18.0 Å². The molecule has 2 rings (SSSR count). The molecule has 0 unspecified atom stereocenters. The Morgan fingerprint density at radius 3 is 2.65 bits per heavy atom. The molecular formula is C17H24FNO. The first kappa shape index (κ1) is 15.0. The largest absolute Gasteiger partial charge is 0.343 e. The Morgan fingerprint density at radius 2 is 2.00 bits per heavy atom. The summed E-state index contributed by atoms with van der Waals surface area (Å²) in [5.41, 5.74) is 0.893. The maximum absolute atomic E-state index is 13.1. The van der Waals surface area contributed by atoms with Crippen molar-refractivity contribution in [1.82, 2.24) is 4.90 Å². The van der Waals surface area contributed by atoms with Gasteiger partial charge in [0.15, 0.2) is 0 Å². The van der Waals surface area contributed by atoms with E-state index in [0.717, 1.165) is 24.3 Å². The fraction of sp³-hybridized carbons (Fsp3) is 0.588. The highest BCUT2D eigenvalue weighted by atomic mass is 19.1. The van der Waals surface area contributed by atoms with Gasteiger partial charge in [-0.25, -0.2) is 4.39 Å². The number of hydrogen-bond donors (Lipinski definition) is 0. The van der Waals surface area contributed by atoms with E-state index in [4.69, 9.17) is 0 Å². The smallest absolute Gasteiger partial charge is 0.222 e. The highest BCUT2D eigenvalue weighted by Crippen LogP contribution is 2.26. The summed E-state index contributed by atoms with van der Waals surface area (Å²) < 4.78 is 13.1. The van der Waals surface area contributed by atoms with Gasteiger partial charge in [0.2, 0.25) is 5.91 Å². The highest BCUT2D eigenvalue weighted by molar-refractivity contribution is 5.76. The van der Waals surface area contributed by atoms with Crippen molar-refractivity contribution in [2.24, 2.45) is 5.92 Å². The van der Waals surface area contributed by atoms with Crippen LogP contribution in [0, 0.1) is 11.7 Å². The maximum Gasteiger partial charge on any atom is 0.222 e. The number of benzene rings is 1. The molecule has 0 N–H and O–H groups in total. The fourth-order valence-electron chi connectivity index (χ4n) is 2.95. The van der Waals surface area contributed by atoms with Crippen LogP contribution in [0.1, 0.15) is 44.6 Å². The Bertz CT molecular complexity index is 452. The number of carbonyl (C=O) groups excluding carboxylic acids is 1. The molecule has 0 atom stereocenters. The van der Waals surface area contributed by atoms with Gasteiger partial charge >= 0.3 is 0 Å². The van der Waals surface area contributed by atoms with Crippen LogP contribution in [0.2, 0.25) is 0 Å². The van der Waals surface area contributed by atoms with Crippen molar-refractivity contribution >= 4 is 5.91 Å². The zero-order valence-electron chi connectivity index (χ0n) is 12.4. The summed E-state index contributed by atoms with van der Waals surface area (Å²) in [7, 11) is 1.91. The molecule has 1 aliphatic rings. The van der Waals surface area contributed by atoms with Crippen molar-refractivity contribution in [3.63, 3.8) is 0 Å². The molecule has 0 saturated heterocycles. The average molecular weight is 277 g/mol. The number of halogens is 1. The minimum absolute atomic E-state index is 0.175. The first-order valence-electron chi connectivity index (χ1n) is 7.56. The molecule has 3 heteroatoms. The molecule has 0 aliphatic heterocycles. The Balaban J connectivity index is 1.82. The lowest BCUT2D eigenvalue weighted by molar-refractivity contribution is -0.132. The van der Waals surface area contributed by atoms with Gasteiger partial charge in [-0.1, -0.05) is 19.1 Å². The summed E-state index contributed by atoms with van der Waals surface area (Å²) in [4.78, 5) is 14.1. The molecule has 1 amide bonds. The Morgan fingerprint density at radius 1 is 1.30 bits per heavy atom. The third-order valence-electron chi connectivity index (χ3n) is 4.44. The first-order valence-corrected chi connectivity index (χ1v) is 7.56. The van der Waals surface area contributed by atoms with Gasteiger partial charge in [-0.15, -0.1) is 0 Å². The second-order valence-corrected chi connectivity index (χ2v) is 6.05. The molecule has 0 spiro atoms. The summed E-state index contributed by atoms with van der Waals surface area (Å²) in [5, 5.41) is 0. The van der Waals surface area contributed by atoms with E-state index < -0.39 is 0 Å². The van der Waals surface area contributed by atoms with Gasteiger partial charge in [0, 0.05) is 19.5 Å². The Hall–Kier alpha value is -1.38. The summed E-state index contributed by atoms with van der Waals surface area (Å²) >= 11 is 0. The Labute approximate surface area is 121 Å². The minimum Gasteiger partial charge on any atom is -0.343 e. The van der Waals surface area contributed by atoms with Crippen molar-refractivity contribution in [1.29, 1.82) is 0 Å². The van der Waals surface area contributed by atoms with E-state index in [-0.39, 0.29) is 11.7 Å². The SMILES string of the molecule is CC1CCC(N(C)C(=O)CCc2cccc(F)c2)CC1. The standard InChI is InChI=1S/C17H24FNO/c1-13-6-9-16(10-7-13)19(2)17(20)11-8-14-4-3-5-15(18)12-14/h3-5,12-13,16H,6-11H2,1-2H3. The van der Waals surface area contributed by atoms with Gasteiger partial charge in [-0.2, -0.15) is 0 Å². The van der Waals surface area contributed by atoms with Gasteiger partial charge in [-0.05, 0) is 55.7 Å². The molecule has 0 aromatic heterocycles. The molecule has 0 heterocycles. The summed E-state index contributed by atoms with van der Waals surface area (Å²) in [6.07, 6.45) is 5.74. The van der Waals surface area contributed by atoms with Gasteiger partial charge in [0.25, 0.3) is 0 Å². The van der Waals surface area contributed by atoms with Crippen molar-refractivity contribution in [2.75, 3.05) is 7.05 Å². The van der Waals surface area contributed by atoms with Crippen LogP contribution in [-0.4, -0.2) is 23.9 Å². The molecule has 1 aromatic rings. The number of amides is 1. The number of aryl methyl sites for hydroxylation is 1. The van der Waals surface area contributed by atoms with Crippen LogP contribution < -0.4 is 0 Å². The monoisotopic (exact) mass is 277 g/mol. The normalized spacial score (nSPS) is 22.6. The molecule has 20 heavy (non-hydrogen) atoms. The third-order valence-corrected chi connectivity index (χ3v) is 4.44. The van der Waals surface area contributed by atoms with Crippen LogP contribution in [0.5, 0.6) is 0 Å². The van der Waals surface area contributed by atoms with Crippen LogP contribution in [0.25, 0.3) is 0 Å².